The Morgan fingerprint density at radius 3 is 2.93 bits per heavy atom. The molecule has 1 spiro atoms. The number of amides is 1. The molecule has 3 aliphatic rings. The van der Waals surface area contributed by atoms with Gasteiger partial charge in [0.15, 0.2) is 5.82 Å². The molecule has 2 aromatic rings. The number of rotatable bonds is 3. The molecule has 0 unspecified atom stereocenters. The molecule has 28 heavy (non-hydrogen) atoms. The first-order chi connectivity index (χ1) is 13.5. The highest BCUT2D eigenvalue weighted by molar-refractivity contribution is 5.81. The molecule has 1 aliphatic carbocycles. The van der Waals surface area contributed by atoms with E-state index in [0.29, 0.717) is 32.5 Å². The van der Waals surface area contributed by atoms with Gasteiger partial charge in [0.25, 0.3) is 0 Å². The van der Waals surface area contributed by atoms with Gasteiger partial charge in [-0.15, -0.1) is 0 Å². The van der Waals surface area contributed by atoms with Gasteiger partial charge in [-0.3, -0.25) is 4.79 Å². The van der Waals surface area contributed by atoms with Crippen molar-refractivity contribution >= 4 is 11.6 Å². The second-order valence-electron chi connectivity index (χ2n) is 8.46. The van der Waals surface area contributed by atoms with E-state index in [1.54, 1.807) is 0 Å². The van der Waals surface area contributed by atoms with Gasteiger partial charge in [0.1, 0.15) is 11.7 Å². The molecule has 0 aromatic carbocycles. The maximum absolute atomic E-state index is 13.3. The van der Waals surface area contributed by atoms with Crippen molar-refractivity contribution in [2.75, 3.05) is 24.5 Å². The Hall–Kier alpha value is -2.63. The predicted molar refractivity (Wildman–Crippen MR) is 106 cm³/mol. The second kappa shape index (κ2) is 6.19. The Balaban J connectivity index is 1.56. The number of pyridine rings is 1. The number of likely N-dealkylation sites (tertiary alicyclic amines) is 1. The number of hydrogen-bond acceptors (Lipinski definition) is 3. The maximum atomic E-state index is 13.3. The Kier molecular flexibility index (Phi) is 3.86. The van der Waals surface area contributed by atoms with Gasteiger partial charge in [0, 0.05) is 37.9 Å². The molecular weight excluding hydrogens is 355 g/mol. The number of hydrogen-bond donors (Lipinski definition) is 0. The van der Waals surface area contributed by atoms with Crippen LogP contribution in [0.4, 0.5) is 10.1 Å². The van der Waals surface area contributed by atoms with Crippen molar-refractivity contribution in [3.63, 3.8) is 0 Å². The summed E-state index contributed by atoms with van der Waals surface area (Å²) in [6, 6.07) is 8.24. The Morgan fingerprint density at radius 2 is 2.18 bits per heavy atom. The van der Waals surface area contributed by atoms with Crippen molar-refractivity contribution in [2.24, 2.45) is 5.92 Å². The van der Waals surface area contributed by atoms with Crippen molar-refractivity contribution in [3.05, 3.63) is 54.5 Å². The highest BCUT2D eigenvalue weighted by Crippen LogP contribution is 2.47. The van der Waals surface area contributed by atoms with Crippen LogP contribution in [0.15, 0.2) is 48.8 Å². The molecule has 1 amide bonds. The van der Waals surface area contributed by atoms with Crippen molar-refractivity contribution in [3.8, 4) is 5.82 Å². The normalized spacial score (nSPS) is 28.1. The number of anilines is 1. The number of nitrogens with zero attached hydrogens (tertiary/aromatic N) is 4. The molecule has 5 nitrogen and oxygen atoms in total. The fourth-order valence-electron chi connectivity index (χ4n) is 5.02. The van der Waals surface area contributed by atoms with Gasteiger partial charge in [0.2, 0.25) is 5.91 Å². The molecule has 0 bridgehead atoms. The topological polar surface area (TPSA) is 41.4 Å². The van der Waals surface area contributed by atoms with Gasteiger partial charge in [0.05, 0.1) is 11.4 Å². The molecular formula is C22H25FN4O. The lowest BCUT2D eigenvalue weighted by atomic mass is 9.82. The van der Waals surface area contributed by atoms with Crippen molar-refractivity contribution in [1.82, 2.24) is 14.5 Å². The first-order valence-corrected chi connectivity index (χ1v) is 9.98. The van der Waals surface area contributed by atoms with E-state index in [2.05, 4.69) is 33.2 Å². The summed E-state index contributed by atoms with van der Waals surface area (Å²) in [5, 5.41) is 0. The summed E-state index contributed by atoms with van der Waals surface area (Å²) < 4.78 is 15.4. The number of fused-ring (bicyclic) bond motifs is 4. The zero-order valence-electron chi connectivity index (χ0n) is 16.1. The number of carbonyl (C=O) groups excluding carboxylic acids is 1. The Bertz CT molecular complexity index is 948. The molecule has 0 N–H and O–H groups in total. The van der Waals surface area contributed by atoms with Gasteiger partial charge < -0.3 is 14.4 Å². The minimum Gasteiger partial charge on any atom is -0.351 e. The van der Waals surface area contributed by atoms with Gasteiger partial charge in [-0.05, 0) is 50.5 Å². The third kappa shape index (κ3) is 2.43. The summed E-state index contributed by atoms with van der Waals surface area (Å²) in [5.74, 6) is 0.874. The van der Waals surface area contributed by atoms with E-state index in [-0.39, 0.29) is 17.4 Å². The SMILES string of the molecule is C=C(C)CN1c2cccnc2-n2cccc2[C@@]12CCN(C(=O)C1CC(F)C1)C2. The predicted octanol–water partition coefficient (Wildman–Crippen LogP) is 3.44. The minimum absolute atomic E-state index is 0.108. The Labute approximate surface area is 164 Å². The lowest BCUT2D eigenvalue weighted by Crippen LogP contribution is -2.54. The summed E-state index contributed by atoms with van der Waals surface area (Å²) in [6.45, 7) is 8.20. The van der Waals surface area contributed by atoms with E-state index in [1.165, 1.54) is 0 Å². The Morgan fingerprint density at radius 1 is 1.36 bits per heavy atom. The molecule has 6 heteroatoms. The van der Waals surface area contributed by atoms with Crippen LogP contribution in [0.2, 0.25) is 0 Å². The van der Waals surface area contributed by atoms with E-state index in [0.717, 1.165) is 29.2 Å². The average molecular weight is 380 g/mol. The number of alkyl halides is 1. The molecule has 0 radical (unpaired) electrons. The molecule has 4 heterocycles. The monoisotopic (exact) mass is 380 g/mol. The first kappa shape index (κ1) is 17.5. The second-order valence-corrected chi connectivity index (χ2v) is 8.46. The van der Waals surface area contributed by atoms with Crippen molar-refractivity contribution in [2.45, 2.75) is 37.9 Å². The van der Waals surface area contributed by atoms with Crippen LogP contribution in [0.1, 0.15) is 31.9 Å². The van der Waals surface area contributed by atoms with Crippen LogP contribution in [0.25, 0.3) is 5.82 Å². The molecule has 2 fully saturated rings. The quantitative estimate of drug-likeness (QED) is 0.766. The van der Waals surface area contributed by atoms with Crippen molar-refractivity contribution < 1.29 is 9.18 Å². The van der Waals surface area contributed by atoms with Crippen LogP contribution in [-0.4, -0.2) is 46.2 Å². The molecule has 5 rings (SSSR count). The summed E-state index contributed by atoms with van der Waals surface area (Å²) in [5.41, 5.74) is 2.98. The van der Waals surface area contributed by atoms with Crippen LogP contribution in [0.5, 0.6) is 0 Å². The molecule has 1 atom stereocenters. The molecule has 1 saturated heterocycles. The van der Waals surface area contributed by atoms with Crippen LogP contribution in [0.3, 0.4) is 0 Å². The molecule has 2 aromatic heterocycles. The van der Waals surface area contributed by atoms with Gasteiger partial charge in [-0.2, -0.15) is 0 Å². The maximum Gasteiger partial charge on any atom is 0.225 e. The zero-order chi connectivity index (χ0) is 19.5. The highest BCUT2D eigenvalue weighted by atomic mass is 19.1. The van der Waals surface area contributed by atoms with E-state index in [1.807, 2.05) is 36.4 Å². The van der Waals surface area contributed by atoms with Crippen LogP contribution in [0, 0.1) is 5.92 Å². The fourth-order valence-corrected chi connectivity index (χ4v) is 5.02. The first-order valence-electron chi connectivity index (χ1n) is 9.98. The van der Waals surface area contributed by atoms with E-state index < -0.39 is 6.17 Å². The molecule has 2 aliphatic heterocycles. The smallest absolute Gasteiger partial charge is 0.225 e. The van der Waals surface area contributed by atoms with Crippen LogP contribution in [-0.2, 0) is 10.3 Å². The van der Waals surface area contributed by atoms with Crippen LogP contribution >= 0.6 is 0 Å². The zero-order valence-corrected chi connectivity index (χ0v) is 16.1. The lowest BCUT2D eigenvalue weighted by molar-refractivity contribution is -0.139. The van der Waals surface area contributed by atoms with Gasteiger partial charge in [-0.25, -0.2) is 9.37 Å². The summed E-state index contributed by atoms with van der Waals surface area (Å²) in [6.07, 6.45) is 4.65. The summed E-state index contributed by atoms with van der Waals surface area (Å²) in [7, 11) is 0. The average Bonchev–Trinajstić information content (AvgIpc) is 3.30. The third-order valence-corrected chi connectivity index (χ3v) is 6.44. The van der Waals surface area contributed by atoms with Crippen LogP contribution < -0.4 is 4.90 Å². The molecule has 146 valence electrons. The van der Waals surface area contributed by atoms with Crippen molar-refractivity contribution in [1.29, 1.82) is 0 Å². The number of halogens is 1. The fraction of sp³-hybridized carbons (Fsp3) is 0.455. The standard InChI is InChI=1S/C22H25FN4O/c1-15(2)13-27-18-5-3-8-24-20(18)26-9-4-6-19(26)22(27)7-10-25(14-22)21(28)16-11-17(23)12-16/h3-6,8-9,16-17H,1,7,10-14H2,2H3/t16?,17?,22-/m0/s1. The third-order valence-electron chi connectivity index (χ3n) is 6.44. The summed E-state index contributed by atoms with van der Waals surface area (Å²) >= 11 is 0. The van der Waals surface area contributed by atoms with E-state index in [4.69, 9.17) is 0 Å². The van der Waals surface area contributed by atoms with Gasteiger partial charge in [-0.1, -0.05) is 12.2 Å². The summed E-state index contributed by atoms with van der Waals surface area (Å²) in [4.78, 5) is 21.9. The highest BCUT2D eigenvalue weighted by Gasteiger charge is 2.52. The van der Waals surface area contributed by atoms with Gasteiger partial charge >= 0.3 is 0 Å². The van der Waals surface area contributed by atoms with E-state index >= 15 is 0 Å². The largest absolute Gasteiger partial charge is 0.351 e. The van der Waals surface area contributed by atoms with E-state index in [9.17, 15) is 9.18 Å². The minimum atomic E-state index is -0.810. The number of carbonyl (C=O) groups is 1. The molecule has 1 saturated carbocycles. The lowest BCUT2D eigenvalue weighted by Gasteiger charge is -2.47. The number of aromatic nitrogens is 2.